The number of aliphatic hydroxyl groups is 2. The van der Waals surface area contributed by atoms with Gasteiger partial charge in [0.1, 0.15) is 12.2 Å². The molecule has 0 radical (unpaired) electrons. The minimum absolute atomic E-state index is 0.0411. The van der Waals surface area contributed by atoms with Crippen molar-refractivity contribution in [3.05, 3.63) is 22.2 Å². The van der Waals surface area contributed by atoms with E-state index in [-0.39, 0.29) is 22.8 Å². The highest BCUT2D eigenvalue weighted by Crippen LogP contribution is 2.36. The van der Waals surface area contributed by atoms with Gasteiger partial charge in [-0.05, 0) is 0 Å². The maximum atomic E-state index is 12.0. The van der Waals surface area contributed by atoms with Gasteiger partial charge < -0.3 is 24.9 Å². The number of aliphatic hydroxyl groups excluding tert-OH is 2. The third kappa shape index (κ3) is 4.32. The van der Waals surface area contributed by atoms with Crippen LogP contribution < -0.4 is 10.5 Å². The van der Waals surface area contributed by atoms with Crippen molar-refractivity contribution in [1.29, 1.82) is 0 Å². The number of hydrogen-bond acceptors (Lipinski definition) is 9. The smallest absolute Gasteiger partial charge is 0.388 e. The molecule has 13 heteroatoms. The minimum Gasteiger partial charge on any atom is -0.388 e. The first-order valence-electron chi connectivity index (χ1n) is 6.59. The van der Waals surface area contributed by atoms with Crippen LogP contribution in [-0.2, 0) is 9.09 Å². The van der Waals surface area contributed by atoms with E-state index in [2.05, 4.69) is 24.5 Å². The fourth-order valence-electron chi connectivity index (χ4n) is 1.74. The van der Waals surface area contributed by atoms with Gasteiger partial charge in [-0.1, -0.05) is 0 Å². The largest absolute Gasteiger partial charge is 0.469 e. The molecule has 0 aliphatic heterocycles. The fourth-order valence-corrected chi connectivity index (χ4v) is 2.08. The zero-order chi connectivity index (χ0) is 18.1. The second-order valence-electron chi connectivity index (χ2n) is 5.05. The average Bonchev–Trinajstić information content (AvgIpc) is 2.50. The Balaban J connectivity index is 2.30. The summed E-state index contributed by atoms with van der Waals surface area (Å²) >= 11 is 0. The molecule has 2 rings (SSSR count). The van der Waals surface area contributed by atoms with E-state index in [0.29, 0.717) is 0 Å². The average molecular weight is 361 g/mol. The molecule has 2 heterocycles. The predicted octanol–water partition coefficient (Wildman–Crippen LogP) is -1.72. The molecule has 2 unspecified atom stereocenters. The molecule has 0 saturated carbocycles. The number of phosphoric ester groups is 1. The van der Waals surface area contributed by atoms with E-state index >= 15 is 0 Å². The molecule has 0 saturated heterocycles. The van der Waals surface area contributed by atoms with E-state index in [1.807, 2.05) is 0 Å². The van der Waals surface area contributed by atoms with Gasteiger partial charge in [-0.25, -0.2) is 14.5 Å². The summed E-state index contributed by atoms with van der Waals surface area (Å²) in [7, 11) is -1.44. The maximum absolute atomic E-state index is 12.0. The number of anilines is 1. The zero-order valence-corrected chi connectivity index (χ0v) is 13.6. The van der Waals surface area contributed by atoms with Crippen molar-refractivity contribution in [1.82, 2.24) is 19.9 Å². The highest BCUT2D eigenvalue weighted by molar-refractivity contribution is 7.46. The van der Waals surface area contributed by atoms with Crippen molar-refractivity contribution >= 4 is 24.9 Å². The summed E-state index contributed by atoms with van der Waals surface area (Å²) < 4.78 is 14.7. The number of hydrogen-bond donors (Lipinski definition) is 5. The summed E-state index contributed by atoms with van der Waals surface area (Å²) in [5.41, 5.74) is -0.875. The van der Waals surface area contributed by atoms with Crippen LogP contribution in [0.25, 0.3) is 11.2 Å². The second-order valence-corrected chi connectivity index (χ2v) is 6.29. The Kier molecular flexibility index (Phi) is 5.28. The lowest BCUT2D eigenvalue weighted by atomic mass is 10.1. The minimum atomic E-state index is -4.79. The first-order valence-corrected chi connectivity index (χ1v) is 8.12. The van der Waals surface area contributed by atoms with Gasteiger partial charge in [0.2, 0.25) is 5.95 Å². The van der Waals surface area contributed by atoms with Gasteiger partial charge in [-0.15, -0.1) is 0 Å². The van der Waals surface area contributed by atoms with Gasteiger partial charge in [-0.2, -0.15) is 4.98 Å². The first kappa shape index (κ1) is 18.4. The molecule has 2 aromatic rings. The Bertz CT molecular complexity index is 835. The number of rotatable bonds is 6. The summed E-state index contributed by atoms with van der Waals surface area (Å²) in [6.07, 6.45) is -2.25. The van der Waals surface area contributed by atoms with Crippen molar-refractivity contribution in [2.75, 3.05) is 25.6 Å². The summed E-state index contributed by atoms with van der Waals surface area (Å²) in [4.78, 5) is 45.1. The molecule has 2 aromatic heterocycles. The number of fused-ring (bicyclic) bond motifs is 1. The highest BCUT2D eigenvalue weighted by atomic mass is 31.2. The van der Waals surface area contributed by atoms with Crippen molar-refractivity contribution in [3.8, 4) is 0 Å². The van der Waals surface area contributed by atoms with Crippen molar-refractivity contribution in [2.45, 2.75) is 12.2 Å². The van der Waals surface area contributed by atoms with Crippen LogP contribution in [0.15, 0.2) is 11.0 Å². The highest BCUT2D eigenvalue weighted by Gasteiger charge is 2.25. The van der Waals surface area contributed by atoms with E-state index in [9.17, 15) is 19.6 Å². The van der Waals surface area contributed by atoms with Crippen molar-refractivity contribution in [3.63, 3.8) is 0 Å². The zero-order valence-electron chi connectivity index (χ0n) is 12.7. The summed E-state index contributed by atoms with van der Waals surface area (Å²) in [6, 6.07) is 0. The Hall–Kier alpha value is -1.95. The summed E-state index contributed by atoms with van der Waals surface area (Å²) in [5, 5.41) is 19.7. The molecule has 0 aromatic carbocycles. The normalized spacial score (nSPS) is 14.6. The lowest BCUT2D eigenvalue weighted by molar-refractivity contribution is -0.0170. The Labute approximate surface area is 135 Å². The third-order valence-electron chi connectivity index (χ3n) is 2.93. The molecule has 0 spiro atoms. The van der Waals surface area contributed by atoms with Crippen LogP contribution in [-0.4, -0.2) is 66.7 Å². The summed E-state index contributed by atoms with van der Waals surface area (Å²) in [5.74, 6) is 0.269. The van der Waals surface area contributed by atoms with E-state index in [0.717, 1.165) is 6.20 Å². The van der Waals surface area contributed by atoms with Crippen LogP contribution >= 0.6 is 7.82 Å². The summed E-state index contributed by atoms with van der Waals surface area (Å²) in [6.45, 7) is -0.834. The number of nitrogens with one attached hydrogen (secondary N) is 1. The van der Waals surface area contributed by atoms with Crippen LogP contribution in [0.2, 0.25) is 0 Å². The fraction of sp³-hybridized carbons (Fsp3) is 0.455. The molecular weight excluding hydrogens is 345 g/mol. The number of aromatic amines is 1. The molecule has 5 N–H and O–H groups in total. The Morgan fingerprint density at radius 3 is 2.58 bits per heavy atom. The van der Waals surface area contributed by atoms with Gasteiger partial charge in [0.15, 0.2) is 11.2 Å². The monoisotopic (exact) mass is 361 g/mol. The van der Waals surface area contributed by atoms with Gasteiger partial charge in [0.05, 0.1) is 18.5 Å². The van der Waals surface area contributed by atoms with Crippen LogP contribution in [0.5, 0.6) is 0 Å². The molecule has 0 amide bonds. The number of nitrogens with zero attached hydrogens (tertiary/aromatic N) is 4. The van der Waals surface area contributed by atoms with Crippen LogP contribution in [0.1, 0.15) is 11.8 Å². The number of aromatic nitrogens is 4. The van der Waals surface area contributed by atoms with E-state index in [1.54, 1.807) is 19.0 Å². The number of phosphoric acid groups is 1. The second kappa shape index (κ2) is 6.89. The molecule has 132 valence electrons. The van der Waals surface area contributed by atoms with Crippen LogP contribution in [0, 0.1) is 0 Å². The van der Waals surface area contributed by atoms with Crippen molar-refractivity contribution in [2.24, 2.45) is 0 Å². The van der Waals surface area contributed by atoms with Crippen LogP contribution in [0.4, 0.5) is 5.95 Å². The molecule has 2 atom stereocenters. The predicted molar refractivity (Wildman–Crippen MR) is 81.2 cm³/mol. The molecule has 24 heavy (non-hydrogen) atoms. The lowest BCUT2D eigenvalue weighted by Crippen LogP contribution is -2.25. The lowest BCUT2D eigenvalue weighted by Gasteiger charge is -2.17. The maximum Gasteiger partial charge on any atom is 0.469 e. The van der Waals surface area contributed by atoms with Gasteiger partial charge in [0, 0.05) is 14.1 Å². The standard InChI is InChI=1S/C11H16N5O7P/c1-16(2)11-14-9-7(10(19)15-11)13-5(3-12-9)8(18)6(17)4-23-24(20,21)22/h3,6,8,17-18H,4H2,1-2H3,(H2,20,21,22)(H,12,14,15,19). The Morgan fingerprint density at radius 2 is 2.00 bits per heavy atom. The van der Waals surface area contributed by atoms with Crippen molar-refractivity contribution < 1.29 is 29.1 Å². The van der Waals surface area contributed by atoms with E-state index in [1.165, 1.54) is 0 Å². The van der Waals surface area contributed by atoms with Gasteiger partial charge >= 0.3 is 7.82 Å². The molecule has 0 aliphatic rings. The first-order chi connectivity index (χ1) is 11.1. The topological polar surface area (TPSA) is 182 Å². The molecule has 12 nitrogen and oxygen atoms in total. The van der Waals surface area contributed by atoms with Gasteiger partial charge in [0.25, 0.3) is 5.56 Å². The van der Waals surface area contributed by atoms with Crippen LogP contribution in [0.3, 0.4) is 0 Å². The molecular formula is C11H16N5O7P. The molecule has 0 fully saturated rings. The molecule has 0 aliphatic carbocycles. The van der Waals surface area contributed by atoms with E-state index < -0.39 is 32.2 Å². The number of H-pyrrole nitrogens is 1. The Morgan fingerprint density at radius 1 is 1.33 bits per heavy atom. The van der Waals surface area contributed by atoms with Gasteiger partial charge in [-0.3, -0.25) is 14.3 Å². The quantitative estimate of drug-likeness (QED) is 0.369. The van der Waals surface area contributed by atoms with E-state index in [4.69, 9.17) is 9.79 Å². The molecule has 0 bridgehead atoms. The third-order valence-corrected chi connectivity index (χ3v) is 3.41. The SMILES string of the molecule is CN(C)c1nc2ncc(C(O)C(O)COP(=O)(O)O)nc2c(=O)[nH]1.